The van der Waals surface area contributed by atoms with Crippen molar-refractivity contribution in [1.29, 1.82) is 0 Å². The van der Waals surface area contributed by atoms with Crippen molar-refractivity contribution in [2.24, 2.45) is 5.92 Å². The summed E-state index contributed by atoms with van der Waals surface area (Å²) in [5.41, 5.74) is 1.73. The van der Waals surface area contributed by atoms with Crippen molar-refractivity contribution >= 4 is 11.6 Å². The highest BCUT2D eigenvalue weighted by molar-refractivity contribution is 5.93. The number of carbonyl (C=O) groups is 1. The van der Waals surface area contributed by atoms with Gasteiger partial charge in [-0.25, -0.2) is 0 Å². The van der Waals surface area contributed by atoms with Gasteiger partial charge in [0.15, 0.2) is 6.29 Å². The molecule has 2 atom stereocenters. The van der Waals surface area contributed by atoms with E-state index in [0.717, 1.165) is 11.3 Å². The van der Waals surface area contributed by atoms with Crippen LogP contribution in [0.5, 0.6) is 0 Å². The second kappa shape index (κ2) is 6.53. The minimum absolute atomic E-state index is 0.0204. The summed E-state index contributed by atoms with van der Waals surface area (Å²) in [6.45, 7) is 2.27. The maximum atomic E-state index is 12.2. The fourth-order valence-electron chi connectivity index (χ4n) is 2.61. The largest absolute Gasteiger partial charge is 0.379 e. The summed E-state index contributed by atoms with van der Waals surface area (Å²) in [4.78, 5) is 12.2. The van der Waals surface area contributed by atoms with Crippen molar-refractivity contribution < 1.29 is 19.0 Å². The molecular weight excluding hydrogens is 272 g/mol. The van der Waals surface area contributed by atoms with E-state index < -0.39 is 0 Å². The highest BCUT2D eigenvalue weighted by Gasteiger charge is 2.32. The second-order valence-corrected chi connectivity index (χ2v) is 5.22. The van der Waals surface area contributed by atoms with E-state index in [1.165, 1.54) is 0 Å². The number of anilines is 1. The fraction of sp³-hybridized carbons (Fsp3) is 0.533. The number of benzene rings is 1. The smallest absolute Gasteiger partial charge is 0.231 e. The fourth-order valence-corrected chi connectivity index (χ4v) is 2.61. The Morgan fingerprint density at radius 3 is 2.52 bits per heavy atom. The summed E-state index contributed by atoms with van der Waals surface area (Å²) < 4.78 is 16.2. The first-order valence-corrected chi connectivity index (χ1v) is 7.17. The van der Waals surface area contributed by atoms with Crippen LogP contribution in [0.3, 0.4) is 0 Å². The first-order chi connectivity index (χ1) is 10.3. The van der Waals surface area contributed by atoms with Crippen LogP contribution in [0.4, 0.5) is 5.69 Å². The summed E-state index contributed by atoms with van der Waals surface area (Å²) in [7, 11) is 1.84. The Morgan fingerprint density at radius 2 is 1.86 bits per heavy atom. The van der Waals surface area contributed by atoms with Gasteiger partial charge in [-0.2, -0.15) is 0 Å². The van der Waals surface area contributed by atoms with Crippen molar-refractivity contribution in [1.82, 2.24) is 5.32 Å². The van der Waals surface area contributed by atoms with Crippen LogP contribution in [-0.4, -0.2) is 45.4 Å². The minimum Gasteiger partial charge on any atom is -0.379 e. The molecule has 3 rings (SSSR count). The van der Waals surface area contributed by atoms with Crippen molar-refractivity contribution in [3.8, 4) is 0 Å². The molecule has 2 fully saturated rings. The molecule has 2 heterocycles. The molecule has 2 unspecified atom stereocenters. The van der Waals surface area contributed by atoms with Gasteiger partial charge in [0.1, 0.15) is 0 Å². The Labute approximate surface area is 123 Å². The van der Waals surface area contributed by atoms with Crippen LogP contribution in [0.2, 0.25) is 0 Å². The zero-order valence-corrected chi connectivity index (χ0v) is 12.0. The van der Waals surface area contributed by atoms with Gasteiger partial charge in [-0.3, -0.25) is 4.79 Å². The molecule has 0 aliphatic carbocycles. The van der Waals surface area contributed by atoms with Crippen LogP contribution >= 0.6 is 0 Å². The Balaban J connectivity index is 1.60. The van der Waals surface area contributed by atoms with E-state index in [1.807, 2.05) is 31.3 Å². The van der Waals surface area contributed by atoms with Gasteiger partial charge in [0.05, 0.1) is 32.3 Å². The molecule has 114 valence electrons. The lowest BCUT2D eigenvalue weighted by Gasteiger charge is -2.17. The predicted octanol–water partition coefficient (Wildman–Crippen LogP) is 0.905. The third-order valence-corrected chi connectivity index (χ3v) is 3.86. The molecule has 0 radical (unpaired) electrons. The number of hydrogen-bond donors (Lipinski definition) is 2. The molecule has 21 heavy (non-hydrogen) atoms. The number of nitrogens with one attached hydrogen (secondary N) is 2. The third-order valence-electron chi connectivity index (χ3n) is 3.86. The molecule has 2 aliphatic rings. The van der Waals surface area contributed by atoms with E-state index in [1.54, 1.807) is 0 Å². The molecule has 2 N–H and O–H groups in total. The number of rotatable bonds is 4. The normalized spacial score (nSPS) is 26.1. The van der Waals surface area contributed by atoms with Crippen LogP contribution in [0, 0.1) is 5.92 Å². The van der Waals surface area contributed by atoms with Gasteiger partial charge in [0, 0.05) is 17.3 Å². The van der Waals surface area contributed by atoms with Crippen molar-refractivity contribution in [3.63, 3.8) is 0 Å². The Morgan fingerprint density at radius 1 is 1.14 bits per heavy atom. The summed E-state index contributed by atoms with van der Waals surface area (Å²) in [6.07, 6.45) is -0.286. The van der Waals surface area contributed by atoms with Crippen molar-refractivity contribution in [3.05, 3.63) is 29.8 Å². The van der Waals surface area contributed by atoms with Gasteiger partial charge in [-0.05, 0) is 19.2 Å². The topological polar surface area (TPSA) is 68.8 Å². The Hall–Kier alpha value is -1.47. The lowest BCUT2D eigenvalue weighted by atomic mass is 10.0. The van der Waals surface area contributed by atoms with Gasteiger partial charge >= 0.3 is 0 Å². The van der Waals surface area contributed by atoms with E-state index in [4.69, 9.17) is 14.2 Å². The maximum Gasteiger partial charge on any atom is 0.231 e. The number of ether oxygens (including phenoxy) is 3. The Bertz CT molecular complexity index is 485. The average molecular weight is 292 g/mol. The van der Waals surface area contributed by atoms with E-state index in [-0.39, 0.29) is 24.2 Å². The molecule has 2 saturated heterocycles. The van der Waals surface area contributed by atoms with Crippen LogP contribution in [0.1, 0.15) is 11.9 Å². The molecule has 1 aromatic carbocycles. The zero-order chi connectivity index (χ0) is 14.7. The van der Waals surface area contributed by atoms with Crippen molar-refractivity contribution in [2.45, 2.75) is 12.3 Å². The second-order valence-electron chi connectivity index (χ2n) is 5.22. The summed E-state index contributed by atoms with van der Waals surface area (Å²) in [5.74, 6) is -0.177. The average Bonchev–Trinajstić information content (AvgIpc) is 3.19. The van der Waals surface area contributed by atoms with E-state index in [2.05, 4.69) is 10.6 Å². The van der Waals surface area contributed by atoms with Gasteiger partial charge < -0.3 is 24.8 Å². The molecule has 6 nitrogen and oxygen atoms in total. The number of hydrogen-bond acceptors (Lipinski definition) is 5. The molecule has 0 saturated carbocycles. The number of likely N-dealkylation sites (N-methyl/N-ethyl adjacent to an activating group) is 1. The van der Waals surface area contributed by atoms with E-state index in [0.29, 0.717) is 26.4 Å². The van der Waals surface area contributed by atoms with E-state index in [9.17, 15) is 4.79 Å². The third kappa shape index (κ3) is 3.24. The molecule has 2 aliphatic heterocycles. The molecule has 1 aromatic rings. The summed E-state index contributed by atoms with van der Waals surface area (Å²) in [5, 5.41) is 6.03. The van der Waals surface area contributed by atoms with Crippen LogP contribution in [0.25, 0.3) is 0 Å². The number of amides is 1. The minimum atomic E-state index is -0.286. The van der Waals surface area contributed by atoms with Crippen molar-refractivity contribution in [2.75, 3.05) is 38.8 Å². The zero-order valence-electron chi connectivity index (χ0n) is 12.0. The van der Waals surface area contributed by atoms with Crippen LogP contribution in [0.15, 0.2) is 24.3 Å². The van der Waals surface area contributed by atoms with E-state index >= 15 is 0 Å². The quantitative estimate of drug-likeness (QED) is 0.863. The Kier molecular flexibility index (Phi) is 4.50. The highest BCUT2D eigenvalue weighted by Crippen LogP contribution is 2.24. The van der Waals surface area contributed by atoms with Gasteiger partial charge in [-0.1, -0.05) is 12.1 Å². The van der Waals surface area contributed by atoms with Gasteiger partial charge in [0.2, 0.25) is 5.91 Å². The molecule has 6 heteroatoms. The molecule has 1 amide bonds. The molecule has 0 spiro atoms. The summed E-state index contributed by atoms with van der Waals surface area (Å²) in [6, 6.07) is 7.62. The molecular formula is C15H20N2O4. The van der Waals surface area contributed by atoms with Crippen LogP contribution < -0.4 is 10.6 Å². The van der Waals surface area contributed by atoms with Gasteiger partial charge in [0.25, 0.3) is 0 Å². The monoisotopic (exact) mass is 292 g/mol. The first-order valence-electron chi connectivity index (χ1n) is 7.17. The molecule has 0 bridgehead atoms. The lowest BCUT2D eigenvalue weighted by Crippen LogP contribution is -2.39. The standard InChI is InChI=1S/C15H20N2O4/c1-16-13-9-19-8-12(13)14(18)17-11-4-2-10(3-5-11)15-20-6-7-21-15/h2-5,12-13,15-16H,6-9H2,1H3,(H,17,18). The lowest BCUT2D eigenvalue weighted by molar-refractivity contribution is -0.120. The summed E-state index contributed by atoms with van der Waals surface area (Å²) >= 11 is 0. The SMILES string of the molecule is CNC1COCC1C(=O)Nc1ccc(C2OCCO2)cc1. The number of carbonyl (C=O) groups excluding carboxylic acids is 1. The van der Waals surface area contributed by atoms with Crippen LogP contribution in [-0.2, 0) is 19.0 Å². The molecule has 0 aromatic heterocycles. The van der Waals surface area contributed by atoms with Gasteiger partial charge in [-0.15, -0.1) is 0 Å². The first kappa shape index (κ1) is 14.5. The predicted molar refractivity (Wildman–Crippen MR) is 76.9 cm³/mol. The highest BCUT2D eigenvalue weighted by atomic mass is 16.7. The maximum absolute atomic E-state index is 12.2.